The minimum atomic E-state index is 0.0478. The van der Waals surface area contributed by atoms with Gasteiger partial charge in [0.05, 0.1) is 11.8 Å². The predicted octanol–water partition coefficient (Wildman–Crippen LogP) is 4.28. The van der Waals surface area contributed by atoms with E-state index in [2.05, 4.69) is 63.4 Å². The molecule has 7 nitrogen and oxygen atoms in total. The first-order valence-electron chi connectivity index (χ1n) is 13.6. The summed E-state index contributed by atoms with van der Waals surface area (Å²) >= 11 is 1.63. The van der Waals surface area contributed by atoms with Crippen LogP contribution in [-0.2, 0) is 11.2 Å². The Morgan fingerprint density at radius 1 is 1.14 bits per heavy atom. The number of aromatic nitrogens is 2. The van der Waals surface area contributed by atoms with Crippen LogP contribution >= 0.6 is 11.3 Å². The molecule has 3 aromatic rings. The molecule has 2 aliphatic heterocycles. The van der Waals surface area contributed by atoms with Crippen LogP contribution in [0.15, 0.2) is 36.7 Å². The van der Waals surface area contributed by atoms with Crippen LogP contribution in [-0.4, -0.2) is 84.6 Å². The molecule has 8 heteroatoms. The van der Waals surface area contributed by atoms with Crippen LogP contribution in [0, 0.1) is 5.92 Å². The van der Waals surface area contributed by atoms with Gasteiger partial charge in [0.1, 0.15) is 17.0 Å². The number of anilines is 1. The van der Waals surface area contributed by atoms with Crippen molar-refractivity contribution in [1.82, 2.24) is 25.1 Å². The van der Waals surface area contributed by atoms with E-state index in [0.29, 0.717) is 12.5 Å². The number of fused-ring (bicyclic) bond motifs is 1. The highest BCUT2D eigenvalue weighted by Gasteiger charge is 2.29. The van der Waals surface area contributed by atoms with Crippen molar-refractivity contribution < 1.29 is 4.79 Å². The van der Waals surface area contributed by atoms with Crippen molar-refractivity contribution in [2.45, 2.75) is 51.6 Å². The molecule has 0 aliphatic carbocycles. The Bertz CT molecular complexity index is 1200. The number of likely N-dealkylation sites (N-methyl/N-ethyl adjacent to an activating group) is 2. The van der Waals surface area contributed by atoms with E-state index in [4.69, 9.17) is 4.98 Å². The fraction of sp³-hybridized carbons (Fsp3) is 0.552. The summed E-state index contributed by atoms with van der Waals surface area (Å²) in [5.74, 6) is 1.78. The Labute approximate surface area is 224 Å². The number of thiophene rings is 1. The van der Waals surface area contributed by atoms with Crippen molar-refractivity contribution >= 4 is 33.3 Å². The van der Waals surface area contributed by atoms with E-state index in [1.807, 2.05) is 19.9 Å². The summed E-state index contributed by atoms with van der Waals surface area (Å²) in [7, 11) is 4.53. The summed E-state index contributed by atoms with van der Waals surface area (Å²) in [6, 6.07) is 11.2. The molecule has 0 saturated carbocycles. The molecule has 0 radical (unpaired) electrons. The summed E-state index contributed by atoms with van der Waals surface area (Å²) in [6.45, 7) is 9.57. The second-order valence-corrected chi connectivity index (χ2v) is 12.2. The van der Waals surface area contributed by atoms with Crippen LogP contribution in [0.5, 0.6) is 0 Å². The third-order valence-electron chi connectivity index (χ3n) is 7.82. The molecule has 1 unspecified atom stereocenters. The molecule has 5 rings (SSSR count). The summed E-state index contributed by atoms with van der Waals surface area (Å²) in [5, 5.41) is 4.14. The fourth-order valence-electron chi connectivity index (χ4n) is 5.91. The zero-order valence-electron chi connectivity index (χ0n) is 22.6. The number of hydrogen-bond donors (Lipinski definition) is 1. The lowest BCUT2D eigenvalue weighted by atomic mass is 9.95. The van der Waals surface area contributed by atoms with Crippen LogP contribution in [0.2, 0.25) is 0 Å². The topological polar surface area (TPSA) is 64.6 Å². The molecule has 2 aromatic heterocycles. The Morgan fingerprint density at radius 3 is 2.57 bits per heavy atom. The number of likely N-dealkylation sites (tertiary alicyclic amines) is 1. The van der Waals surface area contributed by atoms with E-state index in [1.165, 1.54) is 38.9 Å². The Hall–Kier alpha value is -2.55. The van der Waals surface area contributed by atoms with Gasteiger partial charge in [-0.2, -0.15) is 0 Å². The van der Waals surface area contributed by atoms with E-state index in [1.54, 1.807) is 17.7 Å². The normalized spacial score (nSPS) is 19.4. The number of piperidine rings is 1. The monoisotopic (exact) mass is 520 g/mol. The average molecular weight is 521 g/mol. The van der Waals surface area contributed by atoms with Gasteiger partial charge in [0, 0.05) is 48.7 Å². The molecular weight excluding hydrogens is 480 g/mol. The lowest BCUT2D eigenvalue weighted by Crippen LogP contribution is -2.42. The van der Waals surface area contributed by atoms with Gasteiger partial charge in [0.2, 0.25) is 5.91 Å². The molecule has 2 fully saturated rings. The third kappa shape index (κ3) is 5.97. The van der Waals surface area contributed by atoms with Crippen molar-refractivity contribution in [1.29, 1.82) is 0 Å². The molecule has 2 aliphatic rings. The number of carbonyl (C=O) groups is 1. The summed E-state index contributed by atoms with van der Waals surface area (Å²) < 4.78 is 0. The van der Waals surface area contributed by atoms with Crippen molar-refractivity contribution in [3.63, 3.8) is 0 Å². The van der Waals surface area contributed by atoms with E-state index < -0.39 is 0 Å². The lowest BCUT2D eigenvalue weighted by Gasteiger charge is -2.36. The summed E-state index contributed by atoms with van der Waals surface area (Å²) in [4.78, 5) is 31.7. The maximum absolute atomic E-state index is 12.7. The van der Waals surface area contributed by atoms with E-state index in [9.17, 15) is 4.79 Å². The smallest absolute Gasteiger partial charge is 0.225 e. The summed E-state index contributed by atoms with van der Waals surface area (Å²) in [5.41, 5.74) is 2.23. The Kier molecular flexibility index (Phi) is 8.07. The van der Waals surface area contributed by atoms with Gasteiger partial charge in [-0.15, -0.1) is 11.3 Å². The number of benzene rings is 1. The predicted molar refractivity (Wildman–Crippen MR) is 153 cm³/mol. The van der Waals surface area contributed by atoms with Gasteiger partial charge in [-0.25, -0.2) is 9.97 Å². The quantitative estimate of drug-likeness (QED) is 0.478. The van der Waals surface area contributed by atoms with Gasteiger partial charge in [-0.05, 0) is 65.2 Å². The van der Waals surface area contributed by atoms with Crippen LogP contribution in [0.25, 0.3) is 21.3 Å². The van der Waals surface area contributed by atoms with Crippen LogP contribution in [0.4, 0.5) is 5.82 Å². The third-order valence-corrected chi connectivity index (χ3v) is 8.92. The zero-order valence-corrected chi connectivity index (χ0v) is 23.4. The number of rotatable bonds is 8. The van der Waals surface area contributed by atoms with E-state index in [-0.39, 0.29) is 11.9 Å². The fourth-order valence-corrected chi connectivity index (χ4v) is 7.07. The van der Waals surface area contributed by atoms with Gasteiger partial charge in [-0.1, -0.05) is 30.3 Å². The zero-order chi connectivity index (χ0) is 25.9. The van der Waals surface area contributed by atoms with E-state index in [0.717, 1.165) is 51.0 Å². The average Bonchev–Trinajstić information content (AvgIpc) is 3.47. The minimum Gasteiger partial charge on any atom is -0.356 e. The van der Waals surface area contributed by atoms with Gasteiger partial charge in [-0.3, -0.25) is 4.79 Å². The molecule has 0 bridgehead atoms. The lowest BCUT2D eigenvalue weighted by molar-refractivity contribution is -0.120. The largest absolute Gasteiger partial charge is 0.356 e. The number of carbonyl (C=O) groups excluding carboxylic acids is 1. The first-order valence-corrected chi connectivity index (χ1v) is 14.5. The molecule has 1 amide bonds. The van der Waals surface area contributed by atoms with Gasteiger partial charge in [0.25, 0.3) is 0 Å². The number of nitrogens with zero attached hydrogens (tertiary/aromatic N) is 5. The highest BCUT2D eigenvalue weighted by molar-refractivity contribution is 7.19. The molecule has 2 saturated heterocycles. The van der Waals surface area contributed by atoms with Gasteiger partial charge in [0.15, 0.2) is 0 Å². The van der Waals surface area contributed by atoms with Gasteiger partial charge >= 0.3 is 0 Å². The maximum atomic E-state index is 12.7. The van der Waals surface area contributed by atoms with Crippen molar-refractivity contribution in [3.8, 4) is 11.1 Å². The van der Waals surface area contributed by atoms with Gasteiger partial charge < -0.3 is 20.0 Å². The van der Waals surface area contributed by atoms with Crippen molar-refractivity contribution in [2.24, 2.45) is 5.92 Å². The highest BCUT2D eigenvalue weighted by atomic mass is 32.1. The molecule has 198 valence electrons. The molecule has 1 atom stereocenters. The minimum absolute atomic E-state index is 0.0478. The molecule has 4 heterocycles. The second kappa shape index (κ2) is 11.5. The molecule has 0 spiro atoms. The van der Waals surface area contributed by atoms with E-state index >= 15 is 0 Å². The first kappa shape index (κ1) is 26.1. The van der Waals surface area contributed by atoms with Crippen molar-refractivity contribution in [3.05, 3.63) is 41.5 Å². The van der Waals surface area contributed by atoms with Crippen LogP contribution in [0.3, 0.4) is 0 Å². The maximum Gasteiger partial charge on any atom is 0.225 e. The molecular formula is C29H40N6OS. The standard InChI is InChI=1S/C29H40N6OS/c1-20(2)32-25(36)16-24-26(22-8-6-5-7-9-22)27-28(30-19-31-29(27)37-24)35-14-10-21(11-15-35)17-34(4)23-12-13-33(3)18-23/h5-9,19-21,23H,10-18H2,1-4H3,(H,32,36). The number of amides is 1. The summed E-state index contributed by atoms with van der Waals surface area (Å²) in [6.07, 6.45) is 5.67. The van der Waals surface area contributed by atoms with Crippen molar-refractivity contribution in [2.75, 3.05) is 51.7 Å². The number of nitrogens with one attached hydrogen (secondary N) is 1. The molecule has 1 N–H and O–H groups in total. The number of hydrogen-bond acceptors (Lipinski definition) is 7. The Balaban J connectivity index is 1.38. The SMILES string of the molecule is CC(C)NC(=O)Cc1sc2ncnc(N3CCC(CN(C)C4CCN(C)C4)CC3)c2c1-c1ccccc1. The van der Waals surface area contributed by atoms with Crippen LogP contribution < -0.4 is 10.2 Å². The second-order valence-electron chi connectivity index (χ2n) is 11.1. The Morgan fingerprint density at radius 2 is 1.89 bits per heavy atom. The first-order chi connectivity index (χ1) is 17.9. The van der Waals surface area contributed by atoms with Crippen LogP contribution in [0.1, 0.15) is 38.0 Å². The highest BCUT2D eigenvalue weighted by Crippen LogP contribution is 2.42. The molecule has 37 heavy (non-hydrogen) atoms. The molecule has 1 aromatic carbocycles.